The van der Waals surface area contributed by atoms with Crippen LogP contribution in [0.5, 0.6) is 11.5 Å². The Kier molecular flexibility index (Phi) is 6.48. The van der Waals surface area contributed by atoms with E-state index in [2.05, 4.69) is 13.8 Å². The van der Waals surface area contributed by atoms with Gasteiger partial charge >= 0.3 is 5.97 Å². The zero-order valence-electron chi connectivity index (χ0n) is 17.3. The maximum Gasteiger partial charge on any atom is 0.355 e. The molecule has 6 nitrogen and oxygen atoms in total. The number of aromatic carboxylic acids is 1. The highest BCUT2D eigenvalue weighted by atomic mass is 35.5. The minimum Gasteiger partial charge on any atom is -0.476 e. The molecule has 1 fully saturated rings. The maximum absolute atomic E-state index is 12.3. The third kappa shape index (κ3) is 4.28. The highest BCUT2D eigenvalue weighted by Gasteiger charge is 2.29. The van der Waals surface area contributed by atoms with Gasteiger partial charge in [-0.15, -0.1) is 11.8 Å². The molecule has 0 saturated heterocycles. The summed E-state index contributed by atoms with van der Waals surface area (Å²) in [4.78, 5) is 17.2. The molecule has 2 heterocycles. The second-order valence-electron chi connectivity index (χ2n) is 8.00. The second-order valence-corrected chi connectivity index (χ2v) is 9.70. The molecule has 2 aromatic rings. The number of rotatable bonds is 7. The summed E-state index contributed by atoms with van der Waals surface area (Å²) in [6.07, 6.45) is 6.76. The number of halogens is 1. The van der Waals surface area contributed by atoms with Gasteiger partial charge in [-0.05, 0) is 30.9 Å². The lowest BCUT2D eigenvalue weighted by Crippen LogP contribution is -2.15. The first-order valence-electron chi connectivity index (χ1n) is 10.6. The largest absolute Gasteiger partial charge is 0.476 e. The normalized spacial score (nSPS) is 17.3. The van der Waals surface area contributed by atoms with Gasteiger partial charge in [-0.25, -0.2) is 9.78 Å². The number of fused-ring (bicyclic) bond motifs is 1. The van der Waals surface area contributed by atoms with Crippen LogP contribution < -0.4 is 9.47 Å². The Balaban J connectivity index is 1.74. The number of carbonyl (C=O) groups is 1. The van der Waals surface area contributed by atoms with Crippen molar-refractivity contribution >= 4 is 29.3 Å². The van der Waals surface area contributed by atoms with E-state index >= 15 is 0 Å². The van der Waals surface area contributed by atoms with Gasteiger partial charge in [0.05, 0.1) is 6.54 Å². The molecule has 1 atom stereocenters. The molecular formula is C22H27ClN2O4S. The number of ether oxygens (including phenoxy) is 2. The molecule has 2 aliphatic rings. The topological polar surface area (TPSA) is 73.6 Å². The number of imidazole rings is 1. The molecule has 1 N–H and O–H groups in total. The van der Waals surface area contributed by atoms with Crippen LogP contribution in [0.4, 0.5) is 0 Å². The van der Waals surface area contributed by atoms with Crippen molar-refractivity contribution in [3.63, 3.8) is 0 Å². The zero-order valence-corrected chi connectivity index (χ0v) is 18.9. The molecule has 0 radical (unpaired) electrons. The number of carboxylic acids is 1. The summed E-state index contributed by atoms with van der Waals surface area (Å²) in [5.41, 5.74) is 1.05. The fourth-order valence-electron chi connectivity index (χ4n) is 4.05. The number of hydrogen-bond donors (Lipinski definition) is 1. The van der Waals surface area contributed by atoms with Crippen LogP contribution in [0.3, 0.4) is 0 Å². The summed E-state index contributed by atoms with van der Waals surface area (Å²) in [5, 5.41) is 11.7. The van der Waals surface area contributed by atoms with Crippen molar-refractivity contribution in [1.29, 1.82) is 0 Å². The molecular weight excluding hydrogens is 424 g/mol. The molecule has 30 heavy (non-hydrogen) atoms. The van der Waals surface area contributed by atoms with Gasteiger partial charge in [0.15, 0.2) is 17.2 Å². The van der Waals surface area contributed by atoms with Crippen molar-refractivity contribution < 1.29 is 19.4 Å². The Labute approximate surface area is 185 Å². The molecule has 1 aromatic heterocycles. The Bertz CT molecular complexity index is 940. The third-order valence-electron chi connectivity index (χ3n) is 5.92. The molecule has 1 unspecified atom stereocenters. The van der Waals surface area contributed by atoms with Gasteiger partial charge in [0.2, 0.25) is 6.79 Å². The second kappa shape index (κ2) is 9.10. The van der Waals surface area contributed by atoms with E-state index < -0.39 is 5.97 Å². The highest BCUT2D eigenvalue weighted by molar-refractivity contribution is 7.99. The number of aromatic nitrogens is 2. The van der Waals surface area contributed by atoms with Gasteiger partial charge in [0.25, 0.3) is 0 Å². The monoisotopic (exact) mass is 450 g/mol. The average molecular weight is 451 g/mol. The van der Waals surface area contributed by atoms with Crippen molar-refractivity contribution in [2.75, 3.05) is 6.79 Å². The van der Waals surface area contributed by atoms with Crippen LogP contribution in [-0.2, 0) is 6.54 Å². The lowest BCUT2D eigenvalue weighted by Gasteiger charge is -2.20. The quantitative estimate of drug-likeness (QED) is 0.561. The van der Waals surface area contributed by atoms with Crippen molar-refractivity contribution in [3.8, 4) is 11.5 Å². The van der Waals surface area contributed by atoms with E-state index in [1.54, 1.807) is 17.8 Å². The van der Waals surface area contributed by atoms with Crippen LogP contribution in [0, 0.1) is 0 Å². The first-order valence-corrected chi connectivity index (χ1v) is 11.8. The van der Waals surface area contributed by atoms with Crippen LogP contribution >= 0.6 is 23.4 Å². The summed E-state index contributed by atoms with van der Waals surface area (Å²) < 4.78 is 12.7. The molecule has 1 saturated carbocycles. The molecule has 1 aromatic carbocycles. The van der Waals surface area contributed by atoms with Gasteiger partial charge in [-0.3, -0.25) is 0 Å². The van der Waals surface area contributed by atoms with E-state index in [4.69, 9.17) is 26.1 Å². The van der Waals surface area contributed by atoms with Crippen LogP contribution in [0.1, 0.15) is 80.2 Å². The predicted molar refractivity (Wildman–Crippen MR) is 117 cm³/mol. The molecule has 0 spiro atoms. The zero-order chi connectivity index (χ0) is 21.3. The van der Waals surface area contributed by atoms with Crippen molar-refractivity contribution in [2.24, 2.45) is 0 Å². The van der Waals surface area contributed by atoms with E-state index in [0.29, 0.717) is 33.3 Å². The smallest absolute Gasteiger partial charge is 0.355 e. The molecule has 1 aliphatic carbocycles. The number of benzene rings is 1. The average Bonchev–Trinajstić information content (AvgIpc) is 3.32. The summed E-state index contributed by atoms with van der Waals surface area (Å²) in [7, 11) is 0. The van der Waals surface area contributed by atoms with Crippen LogP contribution in [0.15, 0.2) is 17.2 Å². The fraction of sp³-hybridized carbons (Fsp3) is 0.545. The van der Waals surface area contributed by atoms with Crippen LogP contribution in [0.2, 0.25) is 5.02 Å². The van der Waals surface area contributed by atoms with E-state index in [0.717, 1.165) is 30.7 Å². The minimum absolute atomic E-state index is 0.136. The number of hydrogen-bond acceptors (Lipinski definition) is 5. The van der Waals surface area contributed by atoms with Gasteiger partial charge in [0.1, 0.15) is 10.9 Å². The standard InChI is InChI=1S/C22H27ClN2O4S/c1-3-13(2)20-24-21(30-15-7-5-4-6-8-15)19(22(26)27)25(20)11-14-9-17-18(10-16(14)23)29-12-28-17/h9-10,13,15H,3-8,11-12H2,1-2H3,(H,26,27). The van der Waals surface area contributed by atoms with Gasteiger partial charge in [0, 0.05) is 22.3 Å². The van der Waals surface area contributed by atoms with Crippen LogP contribution in [-0.4, -0.2) is 32.7 Å². The van der Waals surface area contributed by atoms with Gasteiger partial charge in [-0.1, -0.05) is 44.7 Å². The van der Waals surface area contributed by atoms with Crippen LogP contribution in [0.25, 0.3) is 0 Å². The van der Waals surface area contributed by atoms with E-state index in [9.17, 15) is 9.90 Å². The summed E-state index contributed by atoms with van der Waals surface area (Å²) in [5.74, 6) is 1.22. The minimum atomic E-state index is -0.952. The molecule has 0 amide bonds. The molecule has 4 rings (SSSR count). The molecule has 1 aliphatic heterocycles. The SMILES string of the molecule is CCC(C)c1nc(SC2CCCCC2)c(C(=O)O)n1Cc1cc2c(cc1Cl)OCO2. The van der Waals surface area contributed by atoms with E-state index in [-0.39, 0.29) is 18.4 Å². The van der Waals surface area contributed by atoms with Crippen molar-refractivity contribution in [1.82, 2.24) is 9.55 Å². The maximum atomic E-state index is 12.3. The lowest BCUT2D eigenvalue weighted by atomic mass is 10.0. The fourth-order valence-corrected chi connectivity index (χ4v) is 5.60. The van der Waals surface area contributed by atoms with Gasteiger partial charge in [-0.2, -0.15) is 0 Å². The first kappa shape index (κ1) is 21.4. The highest BCUT2D eigenvalue weighted by Crippen LogP contribution is 2.39. The third-order valence-corrected chi connectivity index (χ3v) is 7.59. The van der Waals surface area contributed by atoms with Crippen molar-refractivity contribution in [3.05, 3.63) is 34.2 Å². The number of thioether (sulfide) groups is 1. The molecule has 162 valence electrons. The Hall–Kier alpha value is -1.86. The van der Waals surface area contributed by atoms with Gasteiger partial charge < -0.3 is 19.1 Å². The molecule has 8 heteroatoms. The van der Waals surface area contributed by atoms with E-state index in [1.807, 2.05) is 10.6 Å². The Morgan fingerprint density at radius 2 is 2.00 bits per heavy atom. The van der Waals surface area contributed by atoms with Crippen molar-refractivity contribution in [2.45, 2.75) is 75.1 Å². The summed E-state index contributed by atoms with van der Waals surface area (Å²) in [6.45, 7) is 4.67. The lowest BCUT2D eigenvalue weighted by molar-refractivity contribution is 0.0681. The first-order chi connectivity index (χ1) is 14.5. The predicted octanol–water partition coefficient (Wildman–Crippen LogP) is 5.95. The summed E-state index contributed by atoms with van der Waals surface area (Å²) >= 11 is 8.12. The Morgan fingerprint density at radius 1 is 1.30 bits per heavy atom. The summed E-state index contributed by atoms with van der Waals surface area (Å²) in [6, 6.07) is 3.57. The van der Waals surface area contributed by atoms with E-state index in [1.165, 1.54) is 19.3 Å². The molecule has 0 bridgehead atoms. The number of nitrogens with zero attached hydrogens (tertiary/aromatic N) is 2. The number of carboxylic acid groups (broad SMARTS) is 1. The Morgan fingerprint density at radius 3 is 2.67 bits per heavy atom.